The molecule has 5 rings (SSSR count). The predicted molar refractivity (Wildman–Crippen MR) is 119 cm³/mol. The highest BCUT2D eigenvalue weighted by Gasteiger charge is 2.64. The van der Waals surface area contributed by atoms with E-state index in [1.807, 2.05) is 9.80 Å². The fourth-order valence-electron chi connectivity index (χ4n) is 5.42. The molecule has 3 heterocycles. The first-order chi connectivity index (χ1) is 16.6. The molecule has 2 amide bonds. The lowest BCUT2D eigenvalue weighted by Crippen LogP contribution is -2.81. The molecule has 2 atom stereocenters. The minimum absolute atomic E-state index is 0.128. The van der Waals surface area contributed by atoms with Gasteiger partial charge in [-0.05, 0) is 41.8 Å². The van der Waals surface area contributed by atoms with E-state index >= 15 is 0 Å². The molecule has 3 aliphatic heterocycles. The molecular formula is C25H26F3N3O4. The van der Waals surface area contributed by atoms with Gasteiger partial charge in [0.1, 0.15) is 11.3 Å². The van der Waals surface area contributed by atoms with Crippen LogP contribution in [0.3, 0.4) is 0 Å². The fraction of sp³-hybridized carbons (Fsp3) is 0.440. The quantitative estimate of drug-likeness (QED) is 0.650. The maximum absolute atomic E-state index is 13.7. The molecule has 0 radical (unpaired) electrons. The number of β-amino-alcohol motifs (C(OH)–C–C–N with tert-alkyl or cyclic N) is 1. The number of alkyl halides is 3. The lowest BCUT2D eigenvalue weighted by molar-refractivity contribution is -0.181. The normalized spacial score (nSPS) is 24.5. The number of nitrogens with zero attached hydrogens (tertiary/aromatic N) is 3. The zero-order valence-electron chi connectivity index (χ0n) is 19.2. The van der Waals surface area contributed by atoms with Crippen LogP contribution in [0.15, 0.2) is 48.5 Å². The van der Waals surface area contributed by atoms with Crippen molar-refractivity contribution in [2.45, 2.75) is 43.4 Å². The second-order valence-electron chi connectivity index (χ2n) is 9.51. The van der Waals surface area contributed by atoms with Crippen molar-refractivity contribution >= 4 is 11.8 Å². The van der Waals surface area contributed by atoms with Crippen molar-refractivity contribution in [1.82, 2.24) is 14.7 Å². The van der Waals surface area contributed by atoms with Crippen LogP contribution in [-0.2, 0) is 28.9 Å². The smallest absolute Gasteiger partial charge is 0.416 e. The van der Waals surface area contributed by atoms with Crippen LogP contribution in [0.1, 0.15) is 23.1 Å². The molecule has 3 fully saturated rings. The first-order valence-electron chi connectivity index (χ1n) is 11.4. The van der Waals surface area contributed by atoms with Gasteiger partial charge in [-0.3, -0.25) is 24.3 Å². The number of benzene rings is 2. The van der Waals surface area contributed by atoms with E-state index in [0.29, 0.717) is 30.9 Å². The number of aliphatic hydroxyl groups is 1. The SMILES string of the molecule is COc1ccc(CN2C(=O)C3CC(O)CN3C3(CN(Cc4ccc(C(F)(F)F)cc4)C3)C2=O)cc1. The molecule has 1 N–H and O–H groups in total. The summed E-state index contributed by atoms with van der Waals surface area (Å²) in [6, 6.07) is 11.6. The van der Waals surface area contributed by atoms with E-state index in [0.717, 1.165) is 17.7 Å². The first-order valence-corrected chi connectivity index (χ1v) is 11.4. The lowest BCUT2D eigenvalue weighted by atomic mass is 9.82. The average molecular weight is 489 g/mol. The molecule has 10 heteroatoms. The van der Waals surface area contributed by atoms with Gasteiger partial charge in [0.05, 0.1) is 31.4 Å². The molecule has 0 aromatic heterocycles. The number of amides is 2. The zero-order chi connectivity index (χ0) is 25.0. The summed E-state index contributed by atoms with van der Waals surface area (Å²) in [5.41, 5.74) is -0.143. The molecule has 0 saturated carbocycles. The first kappa shape index (κ1) is 23.8. The molecule has 7 nitrogen and oxygen atoms in total. The van der Waals surface area contributed by atoms with E-state index in [4.69, 9.17) is 4.74 Å². The van der Waals surface area contributed by atoms with E-state index in [-0.39, 0.29) is 31.3 Å². The lowest BCUT2D eigenvalue weighted by Gasteiger charge is -2.58. The summed E-state index contributed by atoms with van der Waals surface area (Å²) in [5.74, 6) is 0.0611. The van der Waals surface area contributed by atoms with Crippen LogP contribution < -0.4 is 4.74 Å². The minimum atomic E-state index is -4.39. The van der Waals surface area contributed by atoms with Gasteiger partial charge in [-0.1, -0.05) is 24.3 Å². The van der Waals surface area contributed by atoms with Gasteiger partial charge in [0, 0.05) is 26.2 Å². The number of imide groups is 1. The zero-order valence-corrected chi connectivity index (χ0v) is 19.2. The van der Waals surface area contributed by atoms with E-state index in [1.54, 1.807) is 31.4 Å². The van der Waals surface area contributed by atoms with Crippen molar-refractivity contribution in [3.8, 4) is 5.75 Å². The second kappa shape index (κ2) is 8.61. The van der Waals surface area contributed by atoms with Crippen LogP contribution >= 0.6 is 0 Å². The summed E-state index contributed by atoms with van der Waals surface area (Å²) in [5, 5.41) is 10.3. The van der Waals surface area contributed by atoms with E-state index in [2.05, 4.69) is 0 Å². The third-order valence-corrected chi connectivity index (χ3v) is 7.18. The highest BCUT2D eigenvalue weighted by molar-refractivity contribution is 6.06. The Balaban J connectivity index is 1.33. The maximum atomic E-state index is 13.7. The third-order valence-electron chi connectivity index (χ3n) is 7.18. The fourth-order valence-corrected chi connectivity index (χ4v) is 5.42. The molecule has 2 aromatic rings. The summed E-state index contributed by atoms with van der Waals surface area (Å²) >= 11 is 0. The van der Waals surface area contributed by atoms with Gasteiger partial charge in [-0.25, -0.2) is 0 Å². The van der Waals surface area contributed by atoms with Crippen molar-refractivity contribution in [3.63, 3.8) is 0 Å². The number of ether oxygens (including phenoxy) is 1. The van der Waals surface area contributed by atoms with E-state index in [1.165, 1.54) is 17.0 Å². The number of rotatable bonds is 5. The Kier molecular flexibility index (Phi) is 5.85. The van der Waals surface area contributed by atoms with Crippen LogP contribution in [0.4, 0.5) is 13.2 Å². The van der Waals surface area contributed by atoms with Crippen molar-refractivity contribution < 1.29 is 32.6 Å². The van der Waals surface area contributed by atoms with Gasteiger partial charge in [-0.15, -0.1) is 0 Å². The molecule has 3 aliphatic rings. The van der Waals surface area contributed by atoms with Gasteiger partial charge in [-0.2, -0.15) is 13.2 Å². The van der Waals surface area contributed by atoms with Gasteiger partial charge in [0.2, 0.25) is 5.91 Å². The Hall–Kier alpha value is -2.95. The molecule has 0 bridgehead atoms. The molecule has 3 saturated heterocycles. The standard InChI is InChI=1S/C25H26F3N3O4/c1-35-20-8-4-17(5-9-20)12-30-22(33)21-10-19(32)13-31(21)24(23(30)34)14-29(15-24)11-16-2-6-18(7-3-16)25(26,27)28/h2-9,19,21,32H,10-15H2,1H3. The van der Waals surface area contributed by atoms with Crippen molar-refractivity contribution in [2.24, 2.45) is 0 Å². The Morgan fingerprint density at radius 1 is 1.00 bits per heavy atom. The molecule has 1 spiro atoms. The van der Waals surface area contributed by atoms with Crippen molar-refractivity contribution in [3.05, 3.63) is 65.2 Å². The van der Waals surface area contributed by atoms with Gasteiger partial charge >= 0.3 is 6.18 Å². The number of hydrogen-bond donors (Lipinski definition) is 1. The number of methoxy groups -OCH3 is 1. The largest absolute Gasteiger partial charge is 0.497 e. The Labute approximate surface area is 200 Å². The number of hydrogen-bond acceptors (Lipinski definition) is 6. The third kappa shape index (κ3) is 4.19. The van der Waals surface area contributed by atoms with Crippen LogP contribution in [0.25, 0.3) is 0 Å². The molecule has 0 aliphatic carbocycles. The summed E-state index contributed by atoms with van der Waals surface area (Å²) < 4.78 is 43.7. The molecule has 2 aromatic carbocycles. The van der Waals surface area contributed by atoms with Crippen LogP contribution in [0.5, 0.6) is 5.75 Å². The Morgan fingerprint density at radius 2 is 1.60 bits per heavy atom. The second-order valence-corrected chi connectivity index (χ2v) is 9.51. The number of carbonyl (C=O) groups is 2. The van der Waals surface area contributed by atoms with E-state index in [9.17, 15) is 27.9 Å². The van der Waals surface area contributed by atoms with Gasteiger partial charge < -0.3 is 9.84 Å². The molecule has 186 valence electrons. The number of fused-ring (bicyclic) bond motifs is 2. The van der Waals surface area contributed by atoms with Crippen molar-refractivity contribution in [1.29, 1.82) is 0 Å². The molecule has 35 heavy (non-hydrogen) atoms. The summed E-state index contributed by atoms with van der Waals surface area (Å²) in [4.78, 5) is 32.0. The number of carbonyl (C=O) groups excluding carboxylic acids is 2. The maximum Gasteiger partial charge on any atom is 0.416 e. The Morgan fingerprint density at radius 3 is 2.20 bits per heavy atom. The number of halogens is 3. The highest BCUT2D eigenvalue weighted by Crippen LogP contribution is 2.41. The predicted octanol–water partition coefficient (Wildman–Crippen LogP) is 2.27. The van der Waals surface area contributed by atoms with E-state index < -0.39 is 29.4 Å². The topological polar surface area (TPSA) is 73.3 Å². The number of likely N-dealkylation sites (tertiary alicyclic amines) is 1. The molecule has 2 unspecified atom stereocenters. The molecular weight excluding hydrogens is 463 g/mol. The van der Waals surface area contributed by atoms with Gasteiger partial charge in [0.25, 0.3) is 5.91 Å². The Bertz CT molecular complexity index is 1110. The van der Waals surface area contributed by atoms with Crippen LogP contribution in [0, 0.1) is 0 Å². The van der Waals surface area contributed by atoms with Crippen LogP contribution in [0.2, 0.25) is 0 Å². The number of aliphatic hydroxyl groups excluding tert-OH is 1. The summed E-state index contributed by atoms with van der Waals surface area (Å²) in [6.07, 6.45) is -4.82. The summed E-state index contributed by atoms with van der Waals surface area (Å²) in [7, 11) is 1.56. The summed E-state index contributed by atoms with van der Waals surface area (Å²) in [6.45, 7) is 1.43. The van der Waals surface area contributed by atoms with Gasteiger partial charge in [0.15, 0.2) is 0 Å². The highest BCUT2D eigenvalue weighted by atomic mass is 19.4. The van der Waals surface area contributed by atoms with Crippen LogP contribution in [-0.4, -0.2) is 76.0 Å². The minimum Gasteiger partial charge on any atom is -0.497 e. The van der Waals surface area contributed by atoms with Crippen molar-refractivity contribution in [2.75, 3.05) is 26.7 Å². The monoisotopic (exact) mass is 489 g/mol. The number of piperazine rings is 1. The average Bonchev–Trinajstić information content (AvgIpc) is 3.20.